The van der Waals surface area contributed by atoms with Crippen LogP contribution in [0.15, 0.2) is 176 Å². The topological polar surface area (TPSA) is 4.93 Å². The summed E-state index contributed by atoms with van der Waals surface area (Å²) in [5.74, 6) is 0. The maximum absolute atomic E-state index is 2.48. The van der Waals surface area contributed by atoms with Gasteiger partial charge in [-0.1, -0.05) is 181 Å². The first-order chi connectivity index (χ1) is 29.0. The van der Waals surface area contributed by atoms with Crippen LogP contribution in [0.25, 0.3) is 103 Å². The van der Waals surface area contributed by atoms with Gasteiger partial charge >= 0.3 is 0 Å². The molecule has 0 aliphatic rings. The first-order valence-electron chi connectivity index (χ1n) is 21.2. The van der Waals surface area contributed by atoms with E-state index in [4.69, 9.17) is 0 Å². The molecule has 0 amide bonds. The highest BCUT2D eigenvalue weighted by Gasteiger charge is 2.22. The first kappa shape index (κ1) is 36.6. The van der Waals surface area contributed by atoms with Gasteiger partial charge in [-0.25, -0.2) is 0 Å². The lowest BCUT2D eigenvalue weighted by Crippen LogP contribution is -2.10. The number of benzene rings is 9. The molecule has 0 fully saturated rings. The summed E-state index contributed by atoms with van der Waals surface area (Å²) < 4.78 is 5.15. The van der Waals surface area contributed by atoms with Crippen LogP contribution in [0, 0.1) is 0 Å². The third kappa shape index (κ3) is 5.80. The number of para-hydroxylation sites is 1. The average molecular weight is 790 g/mol. The van der Waals surface area contributed by atoms with Gasteiger partial charge in [0.25, 0.3) is 0 Å². The van der Waals surface area contributed by atoms with E-state index in [1.165, 1.54) is 108 Å². The molecule has 2 heterocycles. The summed E-state index contributed by atoms with van der Waals surface area (Å²) in [6.07, 6.45) is 0. The van der Waals surface area contributed by atoms with E-state index < -0.39 is 0 Å². The Morgan fingerprint density at radius 1 is 0.367 bits per heavy atom. The molecule has 0 aliphatic heterocycles. The fourth-order valence-corrected chi connectivity index (χ4v) is 10.8. The fourth-order valence-electron chi connectivity index (χ4n) is 9.59. The Bertz CT molecular complexity index is 3470. The second-order valence-electron chi connectivity index (χ2n) is 18.5. The van der Waals surface area contributed by atoms with Gasteiger partial charge in [-0.15, -0.1) is 11.3 Å². The molecular weight excluding hydrogens is 743 g/mol. The normalized spacial score (nSPS) is 12.5. The molecule has 290 valence electrons. The second-order valence-corrected chi connectivity index (χ2v) is 19.6. The van der Waals surface area contributed by atoms with Crippen molar-refractivity contribution in [3.8, 4) is 39.1 Å². The number of nitrogens with zero attached hydrogens (tertiary/aromatic N) is 1. The lowest BCUT2D eigenvalue weighted by molar-refractivity contribution is 0.590. The summed E-state index contributed by atoms with van der Waals surface area (Å²) in [5.41, 5.74) is 14.0. The summed E-state index contributed by atoms with van der Waals surface area (Å²) in [6.45, 7) is 13.7. The Hall–Kier alpha value is -6.48. The van der Waals surface area contributed by atoms with Crippen LogP contribution in [0.5, 0.6) is 0 Å². The highest BCUT2D eigenvalue weighted by Crippen LogP contribution is 2.47. The summed E-state index contributed by atoms with van der Waals surface area (Å²) in [5, 5.41) is 10.2. The zero-order valence-electron chi connectivity index (χ0n) is 35.1. The van der Waals surface area contributed by atoms with E-state index in [-0.39, 0.29) is 10.8 Å². The number of fused-ring (bicyclic) bond motifs is 8. The van der Waals surface area contributed by atoms with E-state index in [1.54, 1.807) is 0 Å². The third-order valence-electron chi connectivity index (χ3n) is 12.7. The van der Waals surface area contributed by atoms with Crippen molar-refractivity contribution < 1.29 is 0 Å². The van der Waals surface area contributed by atoms with Gasteiger partial charge in [0.15, 0.2) is 0 Å². The quantitative estimate of drug-likeness (QED) is 0.157. The number of rotatable bonds is 4. The van der Waals surface area contributed by atoms with Crippen molar-refractivity contribution >= 4 is 74.9 Å². The molecule has 0 saturated carbocycles. The molecule has 0 atom stereocenters. The Labute approximate surface area is 356 Å². The third-order valence-corrected chi connectivity index (χ3v) is 14.0. The summed E-state index contributed by atoms with van der Waals surface area (Å²) in [7, 11) is 0. The number of hydrogen-bond donors (Lipinski definition) is 0. The molecule has 2 aromatic heterocycles. The summed E-state index contributed by atoms with van der Waals surface area (Å²) >= 11 is 1.89. The molecule has 0 bridgehead atoms. The largest absolute Gasteiger partial charge is 0.309 e. The second kappa shape index (κ2) is 13.5. The summed E-state index contributed by atoms with van der Waals surface area (Å²) in [6, 6.07) is 66.4. The van der Waals surface area contributed by atoms with Crippen LogP contribution in [0.4, 0.5) is 0 Å². The van der Waals surface area contributed by atoms with Crippen molar-refractivity contribution in [2.45, 2.75) is 52.4 Å². The SMILES string of the molecule is CC(C)(C)c1ccc(-c2c3ccccc3c(-c3ccc(C(C)(C)C)cc3)c3cc(-n4c5ccccc5c5cc(-c6cccc7c6sc6ccccc67)ccc54)ccc23)cc1. The van der Waals surface area contributed by atoms with Crippen molar-refractivity contribution in [3.05, 3.63) is 187 Å². The number of hydrogen-bond acceptors (Lipinski definition) is 1. The molecule has 60 heavy (non-hydrogen) atoms. The van der Waals surface area contributed by atoms with E-state index in [2.05, 4.69) is 222 Å². The Kier molecular flexibility index (Phi) is 8.25. The highest BCUT2D eigenvalue weighted by atomic mass is 32.1. The smallest absolute Gasteiger partial charge is 0.0541 e. The van der Waals surface area contributed by atoms with Crippen molar-refractivity contribution in [3.63, 3.8) is 0 Å². The maximum atomic E-state index is 2.48. The van der Waals surface area contributed by atoms with Crippen molar-refractivity contribution in [1.82, 2.24) is 4.57 Å². The van der Waals surface area contributed by atoms with Gasteiger partial charge < -0.3 is 4.57 Å². The molecule has 1 nitrogen and oxygen atoms in total. The fraction of sp³-hybridized carbons (Fsp3) is 0.138. The Morgan fingerprint density at radius 3 is 1.53 bits per heavy atom. The lowest BCUT2D eigenvalue weighted by atomic mass is 9.82. The van der Waals surface area contributed by atoms with E-state index >= 15 is 0 Å². The molecule has 0 saturated heterocycles. The van der Waals surface area contributed by atoms with Crippen LogP contribution >= 0.6 is 11.3 Å². The molecule has 2 heteroatoms. The zero-order chi connectivity index (χ0) is 40.9. The van der Waals surface area contributed by atoms with Gasteiger partial charge in [0.2, 0.25) is 0 Å². The Morgan fingerprint density at radius 2 is 0.883 bits per heavy atom. The maximum Gasteiger partial charge on any atom is 0.0541 e. The zero-order valence-corrected chi connectivity index (χ0v) is 35.9. The van der Waals surface area contributed by atoms with E-state index in [9.17, 15) is 0 Å². The molecule has 0 radical (unpaired) electrons. The first-order valence-corrected chi connectivity index (χ1v) is 22.0. The Balaban J connectivity index is 1.17. The monoisotopic (exact) mass is 789 g/mol. The highest BCUT2D eigenvalue weighted by molar-refractivity contribution is 7.26. The van der Waals surface area contributed by atoms with E-state index in [0.717, 1.165) is 5.69 Å². The summed E-state index contributed by atoms with van der Waals surface area (Å²) in [4.78, 5) is 0. The van der Waals surface area contributed by atoms with Crippen molar-refractivity contribution in [2.24, 2.45) is 0 Å². The minimum absolute atomic E-state index is 0.0691. The molecule has 0 unspecified atom stereocenters. The van der Waals surface area contributed by atoms with Crippen LogP contribution in [-0.4, -0.2) is 4.57 Å². The van der Waals surface area contributed by atoms with Crippen LogP contribution in [-0.2, 0) is 10.8 Å². The van der Waals surface area contributed by atoms with E-state index in [0.29, 0.717) is 0 Å². The number of aromatic nitrogens is 1. The van der Waals surface area contributed by atoms with Crippen molar-refractivity contribution in [1.29, 1.82) is 0 Å². The van der Waals surface area contributed by atoms with Crippen molar-refractivity contribution in [2.75, 3.05) is 0 Å². The predicted octanol–water partition coefficient (Wildman–Crippen LogP) is 17.1. The minimum Gasteiger partial charge on any atom is -0.309 e. The lowest BCUT2D eigenvalue weighted by Gasteiger charge is -2.22. The number of thiophene rings is 1. The average Bonchev–Trinajstić information content (AvgIpc) is 3.80. The minimum atomic E-state index is 0.0691. The van der Waals surface area contributed by atoms with Crippen LogP contribution in [0.1, 0.15) is 52.7 Å². The van der Waals surface area contributed by atoms with Gasteiger partial charge in [-0.2, -0.15) is 0 Å². The van der Waals surface area contributed by atoms with Gasteiger partial charge in [0, 0.05) is 36.6 Å². The van der Waals surface area contributed by atoms with Crippen LogP contribution in [0.2, 0.25) is 0 Å². The van der Waals surface area contributed by atoms with Crippen LogP contribution < -0.4 is 0 Å². The van der Waals surface area contributed by atoms with Gasteiger partial charge in [0.1, 0.15) is 0 Å². The van der Waals surface area contributed by atoms with Gasteiger partial charge in [0.05, 0.1) is 11.0 Å². The molecule has 0 spiro atoms. The molecule has 9 aromatic carbocycles. The van der Waals surface area contributed by atoms with E-state index in [1.807, 2.05) is 11.3 Å². The standard InChI is InChI=1S/C58H47NS/c1-57(2,3)39-27-22-36(23-28-39)54-45-16-7-8-17-46(45)55(37-24-29-40(30-25-37)58(4,5)6)50-35-41(31-32-47(50)54)59-51-20-11-9-14-43(51)49-34-38(26-33-52(49)59)42-18-13-19-48-44-15-10-12-21-53(44)60-56(42)48/h7-35H,1-6H3. The molecule has 0 aliphatic carbocycles. The van der Waals surface area contributed by atoms with Gasteiger partial charge in [-0.3, -0.25) is 0 Å². The molecule has 11 rings (SSSR count). The molecule has 0 N–H and O–H groups in total. The van der Waals surface area contributed by atoms with Crippen LogP contribution in [0.3, 0.4) is 0 Å². The predicted molar refractivity (Wildman–Crippen MR) is 262 cm³/mol. The molecule has 11 aromatic rings. The molecular formula is C58H47NS. The van der Waals surface area contributed by atoms with Gasteiger partial charge in [-0.05, 0) is 113 Å².